The molecule has 100 valence electrons. The molecular formula is C13H12FNO3S. The van der Waals surface area contributed by atoms with E-state index in [1.807, 2.05) is 0 Å². The Morgan fingerprint density at radius 3 is 2.47 bits per heavy atom. The van der Waals surface area contributed by atoms with Crippen LogP contribution in [0.25, 0.3) is 0 Å². The minimum atomic E-state index is -4.03. The summed E-state index contributed by atoms with van der Waals surface area (Å²) in [6.45, 7) is 1.49. The van der Waals surface area contributed by atoms with Crippen LogP contribution in [-0.4, -0.2) is 8.42 Å². The fourth-order valence-corrected chi connectivity index (χ4v) is 2.78. The van der Waals surface area contributed by atoms with Gasteiger partial charge in [0.2, 0.25) is 0 Å². The average Bonchev–Trinajstić information content (AvgIpc) is 2.31. The van der Waals surface area contributed by atoms with Crippen molar-refractivity contribution in [3.8, 4) is 5.75 Å². The molecular weight excluding hydrogens is 269 g/mol. The highest BCUT2D eigenvalue weighted by atomic mass is 32.2. The first-order valence-corrected chi connectivity index (χ1v) is 6.86. The number of anilines is 1. The molecule has 0 atom stereocenters. The molecule has 4 nitrogen and oxygen atoms in total. The van der Waals surface area contributed by atoms with Gasteiger partial charge in [0.1, 0.15) is 10.7 Å². The lowest BCUT2D eigenvalue weighted by Gasteiger charge is -2.10. The second-order valence-corrected chi connectivity index (χ2v) is 5.50. The van der Waals surface area contributed by atoms with Gasteiger partial charge in [0.15, 0.2) is 5.75 Å². The molecule has 6 heteroatoms. The first-order valence-electron chi connectivity index (χ1n) is 5.45. The molecule has 19 heavy (non-hydrogen) atoms. The lowest BCUT2D eigenvalue weighted by atomic mass is 10.2. The van der Waals surface area contributed by atoms with Crippen LogP contribution in [-0.2, 0) is 10.1 Å². The molecule has 0 unspecified atom stereocenters. The van der Waals surface area contributed by atoms with E-state index in [0.717, 1.165) is 12.1 Å². The predicted molar refractivity (Wildman–Crippen MR) is 69.8 cm³/mol. The monoisotopic (exact) mass is 281 g/mol. The van der Waals surface area contributed by atoms with Gasteiger partial charge in [-0.1, -0.05) is 12.1 Å². The Balaban J connectivity index is 2.41. The molecule has 0 bridgehead atoms. The Kier molecular flexibility index (Phi) is 3.44. The summed E-state index contributed by atoms with van der Waals surface area (Å²) >= 11 is 0. The maximum absolute atomic E-state index is 13.0. The molecule has 0 amide bonds. The summed E-state index contributed by atoms with van der Waals surface area (Å²) in [4.78, 5) is -0.0860. The van der Waals surface area contributed by atoms with Gasteiger partial charge in [-0.2, -0.15) is 8.42 Å². The Morgan fingerprint density at radius 1 is 1.16 bits per heavy atom. The summed E-state index contributed by atoms with van der Waals surface area (Å²) in [6.07, 6.45) is 0. The number of nitrogens with two attached hydrogens (primary N) is 1. The minimum absolute atomic E-state index is 0.0474. The van der Waals surface area contributed by atoms with E-state index in [4.69, 9.17) is 9.92 Å². The van der Waals surface area contributed by atoms with Crippen molar-refractivity contribution < 1.29 is 17.0 Å². The van der Waals surface area contributed by atoms with Crippen LogP contribution in [0.4, 0.5) is 10.1 Å². The van der Waals surface area contributed by atoms with Crippen LogP contribution >= 0.6 is 0 Å². The molecule has 0 radical (unpaired) electrons. The maximum Gasteiger partial charge on any atom is 0.339 e. The van der Waals surface area contributed by atoms with Crippen LogP contribution in [0.3, 0.4) is 0 Å². The van der Waals surface area contributed by atoms with Crippen molar-refractivity contribution in [2.75, 3.05) is 5.73 Å². The van der Waals surface area contributed by atoms with E-state index in [0.29, 0.717) is 0 Å². The summed E-state index contributed by atoms with van der Waals surface area (Å²) in [7, 11) is -4.03. The van der Waals surface area contributed by atoms with Crippen LogP contribution in [0.15, 0.2) is 47.4 Å². The van der Waals surface area contributed by atoms with E-state index in [2.05, 4.69) is 0 Å². The number of hydrogen-bond acceptors (Lipinski definition) is 4. The maximum atomic E-state index is 13.0. The molecule has 2 N–H and O–H groups in total. The first-order chi connectivity index (χ1) is 8.90. The van der Waals surface area contributed by atoms with Crippen LogP contribution < -0.4 is 9.92 Å². The summed E-state index contributed by atoms with van der Waals surface area (Å²) < 4.78 is 42.1. The molecule has 2 aromatic rings. The van der Waals surface area contributed by atoms with E-state index in [1.54, 1.807) is 12.1 Å². The zero-order valence-corrected chi connectivity index (χ0v) is 10.9. The van der Waals surface area contributed by atoms with Gasteiger partial charge in [-0.15, -0.1) is 0 Å². The largest absolute Gasteiger partial charge is 0.396 e. The van der Waals surface area contributed by atoms with Gasteiger partial charge < -0.3 is 9.92 Å². The lowest BCUT2D eigenvalue weighted by molar-refractivity contribution is 0.486. The van der Waals surface area contributed by atoms with E-state index in [9.17, 15) is 12.8 Å². The zero-order chi connectivity index (χ0) is 14.0. The van der Waals surface area contributed by atoms with Crippen molar-refractivity contribution >= 4 is 15.8 Å². The zero-order valence-electron chi connectivity index (χ0n) is 10.1. The fourth-order valence-electron chi connectivity index (χ4n) is 1.61. The normalized spacial score (nSPS) is 11.3. The van der Waals surface area contributed by atoms with E-state index in [-0.39, 0.29) is 21.9 Å². The predicted octanol–water partition coefficient (Wildman–Crippen LogP) is 2.48. The smallest absolute Gasteiger partial charge is 0.339 e. The first kappa shape index (κ1) is 13.4. The van der Waals surface area contributed by atoms with E-state index < -0.39 is 15.9 Å². The molecule has 0 aliphatic heterocycles. The molecule has 0 spiro atoms. The third-order valence-corrected chi connectivity index (χ3v) is 3.92. The SMILES string of the molecule is Cc1cc(F)ccc1S(=O)(=O)Oc1ccccc1N. The number of halogens is 1. The Hall–Kier alpha value is -2.08. The molecule has 0 saturated heterocycles. The van der Waals surface area contributed by atoms with E-state index >= 15 is 0 Å². The highest BCUT2D eigenvalue weighted by molar-refractivity contribution is 7.87. The van der Waals surface area contributed by atoms with Gasteiger partial charge in [0, 0.05) is 0 Å². The Bertz CT molecular complexity index is 714. The number of hydrogen-bond donors (Lipinski definition) is 1. The topological polar surface area (TPSA) is 69.4 Å². The molecule has 2 aromatic carbocycles. The summed E-state index contributed by atoms with van der Waals surface area (Å²) in [5.41, 5.74) is 6.10. The molecule has 0 aromatic heterocycles. The molecule has 2 rings (SSSR count). The molecule has 0 aliphatic rings. The van der Waals surface area contributed by atoms with Gasteiger partial charge >= 0.3 is 10.1 Å². The standard InChI is InChI=1S/C13H12FNO3S/c1-9-8-10(14)6-7-13(9)19(16,17)18-12-5-3-2-4-11(12)15/h2-8H,15H2,1H3. The van der Waals surface area contributed by atoms with Gasteiger partial charge in [-0.05, 0) is 42.8 Å². The Labute approximate surface area is 110 Å². The van der Waals surface area contributed by atoms with Crippen molar-refractivity contribution in [3.63, 3.8) is 0 Å². The van der Waals surface area contributed by atoms with Gasteiger partial charge in [0.05, 0.1) is 5.69 Å². The molecule has 0 aliphatic carbocycles. The van der Waals surface area contributed by atoms with Crippen LogP contribution in [0, 0.1) is 12.7 Å². The Morgan fingerprint density at radius 2 is 1.84 bits per heavy atom. The number of nitrogen functional groups attached to an aromatic ring is 1. The average molecular weight is 281 g/mol. The molecule has 0 saturated carbocycles. The van der Waals surface area contributed by atoms with Crippen LogP contribution in [0.5, 0.6) is 5.75 Å². The van der Waals surface area contributed by atoms with Gasteiger partial charge in [0.25, 0.3) is 0 Å². The fraction of sp³-hybridized carbons (Fsp3) is 0.0769. The lowest BCUT2D eigenvalue weighted by Crippen LogP contribution is -2.12. The van der Waals surface area contributed by atoms with Crippen LogP contribution in [0.2, 0.25) is 0 Å². The molecule has 0 heterocycles. The summed E-state index contributed by atoms with van der Waals surface area (Å²) in [5.74, 6) is -0.457. The van der Waals surface area contributed by atoms with Gasteiger partial charge in [-0.25, -0.2) is 4.39 Å². The number of benzene rings is 2. The minimum Gasteiger partial charge on any atom is -0.396 e. The van der Waals surface area contributed by atoms with Gasteiger partial charge in [-0.3, -0.25) is 0 Å². The third-order valence-electron chi connectivity index (χ3n) is 2.52. The second kappa shape index (κ2) is 4.89. The van der Waals surface area contributed by atoms with Crippen molar-refractivity contribution in [3.05, 3.63) is 53.8 Å². The van der Waals surface area contributed by atoms with E-state index in [1.165, 1.54) is 25.1 Å². The number of para-hydroxylation sites is 2. The molecule has 0 fully saturated rings. The van der Waals surface area contributed by atoms with Crippen molar-refractivity contribution in [2.24, 2.45) is 0 Å². The quantitative estimate of drug-likeness (QED) is 0.693. The van der Waals surface area contributed by atoms with Crippen molar-refractivity contribution in [2.45, 2.75) is 11.8 Å². The van der Waals surface area contributed by atoms with Crippen LogP contribution in [0.1, 0.15) is 5.56 Å². The highest BCUT2D eigenvalue weighted by Gasteiger charge is 2.20. The number of rotatable bonds is 3. The third kappa shape index (κ3) is 2.85. The van der Waals surface area contributed by atoms with Crippen molar-refractivity contribution in [1.29, 1.82) is 0 Å². The highest BCUT2D eigenvalue weighted by Crippen LogP contribution is 2.26. The second-order valence-electron chi connectivity index (χ2n) is 3.99. The summed E-state index contributed by atoms with van der Waals surface area (Å²) in [5, 5.41) is 0. The number of aryl methyl sites for hydroxylation is 1. The van der Waals surface area contributed by atoms with Crippen molar-refractivity contribution in [1.82, 2.24) is 0 Å². The summed E-state index contributed by atoms with van der Waals surface area (Å²) in [6, 6.07) is 9.62.